The highest BCUT2D eigenvalue weighted by molar-refractivity contribution is 4.95. The largest absolute Gasteiger partial charge is 0.379 e. The molecule has 0 aromatic carbocycles. The highest BCUT2D eigenvalue weighted by atomic mass is 16.5. The molecule has 2 rings (SSSR count). The van der Waals surface area contributed by atoms with Crippen molar-refractivity contribution in [2.45, 2.75) is 76.0 Å². The molecule has 2 unspecified atom stereocenters. The van der Waals surface area contributed by atoms with Gasteiger partial charge in [0.05, 0.1) is 11.2 Å². The molecule has 2 aliphatic rings. The van der Waals surface area contributed by atoms with Crippen molar-refractivity contribution in [1.82, 2.24) is 5.43 Å². The third-order valence-corrected chi connectivity index (χ3v) is 5.09. The summed E-state index contributed by atoms with van der Waals surface area (Å²) in [6.07, 6.45) is 8.30. The number of rotatable bonds is 5. The predicted molar refractivity (Wildman–Crippen MR) is 76.7 cm³/mol. The van der Waals surface area contributed by atoms with E-state index in [4.69, 9.17) is 15.3 Å². The summed E-state index contributed by atoms with van der Waals surface area (Å²) in [4.78, 5) is 0. The molecule has 112 valence electrons. The number of hydrazine groups is 1. The summed E-state index contributed by atoms with van der Waals surface area (Å²) in [5.74, 6) is 6.41. The predicted octanol–water partition coefficient (Wildman–Crippen LogP) is 2.37. The second-order valence-electron chi connectivity index (χ2n) is 6.93. The SMILES string of the molecule is COC(C)(C)CC(NN)C1CCOC2(CCCC2)C1. The molecule has 2 fully saturated rings. The Bertz CT molecular complexity index is 288. The topological polar surface area (TPSA) is 56.5 Å². The fourth-order valence-electron chi connectivity index (χ4n) is 3.75. The normalized spacial score (nSPS) is 28.7. The van der Waals surface area contributed by atoms with Gasteiger partial charge >= 0.3 is 0 Å². The minimum absolute atomic E-state index is 0.127. The van der Waals surface area contributed by atoms with Crippen LogP contribution in [-0.2, 0) is 9.47 Å². The van der Waals surface area contributed by atoms with Gasteiger partial charge in [-0.2, -0.15) is 0 Å². The van der Waals surface area contributed by atoms with Gasteiger partial charge in [-0.05, 0) is 51.9 Å². The average molecular weight is 270 g/mol. The van der Waals surface area contributed by atoms with E-state index in [1.165, 1.54) is 25.7 Å². The standard InChI is InChI=1S/C15H30N2O2/c1-14(2,18-3)11-13(17-16)12-6-9-19-15(10-12)7-4-5-8-15/h12-13,17H,4-11,16H2,1-3H3. The van der Waals surface area contributed by atoms with Gasteiger partial charge in [-0.1, -0.05) is 12.8 Å². The Morgan fingerprint density at radius 3 is 2.68 bits per heavy atom. The highest BCUT2D eigenvalue weighted by Crippen LogP contribution is 2.43. The van der Waals surface area contributed by atoms with Crippen LogP contribution in [0.4, 0.5) is 0 Å². The molecule has 0 bridgehead atoms. The number of hydrogen-bond donors (Lipinski definition) is 2. The summed E-state index contributed by atoms with van der Waals surface area (Å²) in [6, 6.07) is 0.316. The molecular formula is C15H30N2O2. The molecule has 4 nitrogen and oxygen atoms in total. The van der Waals surface area contributed by atoms with Crippen LogP contribution >= 0.6 is 0 Å². The lowest BCUT2D eigenvalue weighted by Crippen LogP contribution is -2.50. The average Bonchev–Trinajstić information content (AvgIpc) is 2.84. The molecule has 0 aromatic rings. The summed E-state index contributed by atoms with van der Waals surface area (Å²) < 4.78 is 11.7. The molecule has 1 saturated heterocycles. The van der Waals surface area contributed by atoms with E-state index in [2.05, 4.69) is 19.3 Å². The molecule has 1 spiro atoms. The Kier molecular flexibility index (Phi) is 4.88. The zero-order chi connectivity index (χ0) is 13.9. The first-order valence-corrected chi connectivity index (χ1v) is 7.65. The van der Waals surface area contributed by atoms with Crippen LogP contribution in [0, 0.1) is 5.92 Å². The van der Waals surface area contributed by atoms with Crippen molar-refractivity contribution < 1.29 is 9.47 Å². The van der Waals surface area contributed by atoms with Gasteiger partial charge in [0, 0.05) is 19.8 Å². The van der Waals surface area contributed by atoms with E-state index in [1.807, 2.05) is 0 Å². The number of nitrogens with one attached hydrogen (secondary N) is 1. The van der Waals surface area contributed by atoms with Gasteiger partial charge < -0.3 is 9.47 Å². The number of hydrogen-bond acceptors (Lipinski definition) is 4. The molecule has 1 aliphatic heterocycles. The second kappa shape index (κ2) is 6.08. The quantitative estimate of drug-likeness (QED) is 0.595. The highest BCUT2D eigenvalue weighted by Gasteiger charge is 2.42. The molecule has 0 radical (unpaired) electrons. The van der Waals surface area contributed by atoms with Crippen LogP contribution < -0.4 is 11.3 Å². The number of methoxy groups -OCH3 is 1. The Labute approximate surface area is 117 Å². The van der Waals surface area contributed by atoms with E-state index >= 15 is 0 Å². The van der Waals surface area contributed by atoms with E-state index in [9.17, 15) is 0 Å². The smallest absolute Gasteiger partial charge is 0.0685 e. The number of ether oxygens (including phenoxy) is 2. The molecule has 1 aliphatic carbocycles. The molecule has 1 saturated carbocycles. The van der Waals surface area contributed by atoms with E-state index < -0.39 is 0 Å². The Balaban J connectivity index is 1.98. The lowest BCUT2D eigenvalue weighted by atomic mass is 9.78. The maximum Gasteiger partial charge on any atom is 0.0685 e. The zero-order valence-electron chi connectivity index (χ0n) is 12.7. The van der Waals surface area contributed by atoms with Crippen LogP contribution in [0.1, 0.15) is 58.8 Å². The van der Waals surface area contributed by atoms with Crippen molar-refractivity contribution in [2.24, 2.45) is 11.8 Å². The van der Waals surface area contributed by atoms with Gasteiger partial charge in [-0.3, -0.25) is 11.3 Å². The molecular weight excluding hydrogens is 240 g/mol. The molecule has 4 heteroatoms. The first kappa shape index (κ1) is 15.2. The third-order valence-electron chi connectivity index (χ3n) is 5.09. The van der Waals surface area contributed by atoms with Crippen LogP contribution in [0.2, 0.25) is 0 Å². The molecule has 2 atom stereocenters. The fraction of sp³-hybridized carbons (Fsp3) is 1.00. The van der Waals surface area contributed by atoms with Crippen LogP contribution in [0.15, 0.2) is 0 Å². The lowest BCUT2D eigenvalue weighted by Gasteiger charge is -2.42. The molecule has 0 aromatic heterocycles. The molecule has 19 heavy (non-hydrogen) atoms. The molecule has 3 N–H and O–H groups in total. The summed E-state index contributed by atoms with van der Waals surface area (Å²) in [5, 5.41) is 0. The second-order valence-corrected chi connectivity index (χ2v) is 6.93. The van der Waals surface area contributed by atoms with Gasteiger partial charge in [-0.15, -0.1) is 0 Å². The summed E-state index contributed by atoms with van der Waals surface area (Å²) in [6.45, 7) is 5.14. The van der Waals surface area contributed by atoms with Crippen molar-refractivity contribution >= 4 is 0 Å². The van der Waals surface area contributed by atoms with Crippen molar-refractivity contribution in [2.75, 3.05) is 13.7 Å². The molecule has 1 heterocycles. The summed E-state index contributed by atoms with van der Waals surface area (Å²) in [5.41, 5.74) is 3.07. The monoisotopic (exact) mass is 270 g/mol. The van der Waals surface area contributed by atoms with E-state index in [0.29, 0.717) is 12.0 Å². The first-order valence-electron chi connectivity index (χ1n) is 7.65. The lowest BCUT2D eigenvalue weighted by molar-refractivity contribution is -0.103. The Morgan fingerprint density at radius 2 is 2.11 bits per heavy atom. The van der Waals surface area contributed by atoms with Crippen molar-refractivity contribution in [3.8, 4) is 0 Å². The van der Waals surface area contributed by atoms with Crippen molar-refractivity contribution in [1.29, 1.82) is 0 Å². The van der Waals surface area contributed by atoms with Gasteiger partial charge in [-0.25, -0.2) is 0 Å². The van der Waals surface area contributed by atoms with E-state index in [-0.39, 0.29) is 11.2 Å². The van der Waals surface area contributed by atoms with E-state index in [1.54, 1.807) is 7.11 Å². The zero-order valence-corrected chi connectivity index (χ0v) is 12.7. The van der Waals surface area contributed by atoms with Crippen LogP contribution in [-0.4, -0.2) is 31.0 Å². The number of nitrogens with two attached hydrogens (primary N) is 1. The maximum absolute atomic E-state index is 6.11. The minimum atomic E-state index is -0.127. The minimum Gasteiger partial charge on any atom is -0.379 e. The fourth-order valence-corrected chi connectivity index (χ4v) is 3.75. The summed E-state index contributed by atoms with van der Waals surface area (Å²) in [7, 11) is 1.77. The van der Waals surface area contributed by atoms with Gasteiger partial charge in [0.1, 0.15) is 0 Å². The van der Waals surface area contributed by atoms with Crippen molar-refractivity contribution in [3.63, 3.8) is 0 Å². The third kappa shape index (κ3) is 3.69. The Morgan fingerprint density at radius 1 is 1.42 bits per heavy atom. The van der Waals surface area contributed by atoms with Crippen LogP contribution in [0.3, 0.4) is 0 Å². The van der Waals surface area contributed by atoms with Gasteiger partial charge in [0.15, 0.2) is 0 Å². The van der Waals surface area contributed by atoms with Crippen LogP contribution in [0.25, 0.3) is 0 Å². The first-order chi connectivity index (χ1) is 9.00. The maximum atomic E-state index is 6.11. The van der Waals surface area contributed by atoms with Crippen LogP contribution in [0.5, 0.6) is 0 Å². The van der Waals surface area contributed by atoms with Gasteiger partial charge in [0.25, 0.3) is 0 Å². The Hall–Kier alpha value is -0.160. The van der Waals surface area contributed by atoms with Crippen molar-refractivity contribution in [3.05, 3.63) is 0 Å². The summed E-state index contributed by atoms with van der Waals surface area (Å²) >= 11 is 0. The van der Waals surface area contributed by atoms with Gasteiger partial charge in [0.2, 0.25) is 0 Å². The van der Waals surface area contributed by atoms with E-state index in [0.717, 1.165) is 25.9 Å². The molecule has 0 amide bonds.